The van der Waals surface area contributed by atoms with E-state index in [4.69, 9.17) is 16.2 Å². The van der Waals surface area contributed by atoms with Crippen LogP contribution in [0.5, 0.6) is 0 Å². The van der Waals surface area contributed by atoms with Gasteiger partial charge in [-0.15, -0.1) is 0 Å². The molecule has 1 aliphatic carbocycles. The van der Waals surface area contributed by atoms with Gasteiger partial charge in [-0.05, 0) is 19.3 Å². The number of allylic oxidation sites excluding steroid dienone is 2. The summed E-state index contributed by atoms with van der Waals surface area (Å²) in [7, 11) is 0. The second-order valence-corrected chi connectivity index (χ2v) is 4.22. The van der Waals surface area contributed by atoms with Crippen LogP contribution in [0.25, 0.3) is 0 Å². The van der Waals surface area contributed by atoms with Crippen LogP contribution in [0.4, 0.5) is 0 Å². The average molecular weight is 194 g/mol. The molecule has 78 valence electrons. The molecule has 1 heterocycles. The molecule has 1 aliphatic heterocycles. The van der Waals surface area contributed by atoms with E-state index in [0.29, 0.717) is 6.10 Å². The largest absolute Gasteiger partial charge is 0.378 e. The molecule has 1 fully saturated rings. The zero-order valence-corrected chi connectivity index (χ0v) is 8.36. The van der Waals surface area contributed by atoms with Gasteiger partial charge in [0.25, 0.3) is 0 Å². The standard InChI is InChI=1S/C11H18N2O/c12-10-5-1-2-6-11(10,13)8-9-4-3-7-14-9/h1-2,5-6,9-10H,3-4,7-8,12-13H2. The second-order valence-electron chi connectivity index (χ2n) is 4.22. The van der Waals surface area contributed by atoms with Gasteiger partial charge in [-0.1, -0.05) is 24.3 Å². The molecule has 0 saturated carbocycles. The van der Waals surface area contributed by atoms with Gasteiger partial charge in [0.2, 0.25) is 0 Å². The lowest BCUT2D eigenvalue weighted by Gasteiger charge is -2.34. The highest BCUT2D eigenvalue weighted by molar-refractivity contribution is 5.26. The Morgan fingerprint density at radius 2 is 2.29 bits per heavy atom. The van der Waals surface area contributed by atoms with Crippen molar-refractivity contribution in [1.82, 2.24) is 0 Å². The monoisotopic (exact) mass is 194 g/mol. The molecule has 2 rings (SSSR count). The zero-order valence-electron chi connectivity index (χ0n) is 8.36. The van der Waals surface area contributed by atoms with Crippen molar-refractivity contribution < 1.29 is 4.74 Å². The quantitative estimate of drug-likeness (QED) is 0.680. The first-order valence-electron chi connectivity index (χ1n) is 5.23. The Morgan fingerprint density at radius 1 is 1.43 bits per heavy atom. The Balaban J connectivity index is 2.00. The molecule has 3 unspecified atom stereocenters. The van der Waals surface area contributed by atoms with Gasteiger partial charge >= 0.3 is 0 Å². The van der Waals surface area contributed by atoms with E-state index in [1.807, 2.05) is 24.3 Å². The minimum absolute atomic E-state index is 0.0864. The van der Waals surface area contributed by atoms with Crippen LogP contribution in [0.1, 0.15) is 19.3 Å². The van der Waals surface area contributed by atoms with Crippen LogP contribution >= 0.6 is 0 Å². The molecule has 0 aromatic heterocycles. The van der Waals surface area contributed by atoms with Crippen LogP contribution in [0.3, 0.4) is 0 Å². The highest BCUT2D eigenvalue weighted by Gasteiger charge is 2.33. The molecule has 4 N–H and O–H groups in total. The minimum Gasteiger partial charge on any atom is -0.378 e. The van der Waals surface area contributed by atoms with Crippen LogP contribution in [-0.2, 0) is 4.74 Å². The first-order valence-corrected chi connectivity index (χ1v) is 5.23. The van der Waals surface area contributed by atoms with Crippen molar-refractivity contribution >= 4 is 0 Å². The highest BCUT2D eigenvalue weighted by Crippen LogP contribution is 2.25. The smallest absolute Gasteiger partial charge is 0.0597 e. The van der Waals surface area contributed by atoms with Gasteiger partial charge in [0.1, 0.15) is 0 Å². The average Bonchev–Trinajstić information content (AvgIpc) is 2.63. The van der Waals surface area contributed by atoms with Gasteiger partial charge in [0, 0.05) is 12.6 Å². The number of hydrogen-bond acceptors (Lipinski definition) is 3. The molecule has 3 atom stereocenters. The number of rotatable bonds is 2. The van der Waals surface area contributed by atoms with Crippen molar-refractivity contribution in [2.75, 3.05) is 6.61 Å². The summed E-state index contributed by atoms with van der Waals surface area (Å²) < 4.78 is 5.58. The molecule has 2 aliphatic rings. The van der Waals surface area contributed by atoms with Crippen LogP contribution < -0.4 is 11.5 Å². The van der Waals surface area contributed by atoms with Gasteiger partial charge in [-0.3, -0.25) is 0 Å². The fourth-order valence-electron chi connectivity index (χ4n) is 2.11. The maximum absolute atomic E-state index is 6.24. The third-order valence-corrected chi connectivity index (χ3v) is 3.06. The van der Waals surface area contributed by atoms with E-state index >= 15 is 0 Å². The predicted molar refractivity (Wildman–Crippen MR) is 56.8 cm³/mol. The maximum Gasteiger partial charge on any atom is 0.0597 e. The van der Waals surface area contributed by atoms with E-state index in [0.717, 1.165) is 25.9 Å². The first kappa shape index (κ1) is 9.90. The van der Waals surface area contributed by atoms with E-state index in [1.165, 1.54) is 0 Å². The molecular weight excluding hydrogens is 176 g/mol. The second kappa shape index (κ2) is 3.85. The number of nitrogens with two attached hydrogens (primary N) is 2. The fourth-order valence-corrected chi connectivity index (χ4v) is 2.11. The van der Waals surface area contributed by atoms with Crippen LogP contribution in [-0.4, -0.2) is 24.3 Å². The van der Waals surface area contributed by atoms with E-state index in [9.17, 15) is 0 Å². The van der Waals surface area contributed by atoms with E-state index in [1.54, 1.807) is 0 Å². The van der Waals surface area contributed by atoms with E-state index in [2.05, 4.69) is 0 Å². The fraction of sp³-hybridized carbons (Fsp3) is 0.636. The molecule has 0 aromatic carbocycles. The molecule has 0 radical (unpaired) electrons. The Kier molecular flexibility index (Phi) is 2.72. The summed E-state index contributed by atoms with van der Waals surface area (Å²) in [4.78, 5) is 0. The van der Waals surface area contributed by atoms with Crippen molar-refractivity contribution in [1.29, 1.82) is 0 Å². The molecule has 3 nitrogen and oxygen atoms in total. The summed E-state index contributed by atoms with van der Waals surface area (Å²) in [5.41, 5.74) is 11.8. The van der Waals surface area contributed by atoms with Crippen molar-refractivity contribution in [3.05, 3.63) is 24.3 Å². The predicted octanol–water partition coefficient (Wildman–Crippen LogP) is 0.706. The summed E-state index contributed by atoms with van der Waals surface area (Å²) in [6, 6.07) is -0.0864. The topological polar surface area (TPSA) is 61.3 Å². The number of hydrogen-bond donors (Lipinski definition) is 2. The lowest BCUT2D eigenvalue weighted by Crippen LogP contribution is -2.55. The van der Waals surface area contributed by atoms with Gasteiger partial charge in [-0.2, -0.15) is 0 Å². The van der Waals surface area contributed by atoms with Gasteiger partial charge < -0.3 is 16.2 Å². The highest BCUT2D eigenvalue weighted by atomic mass is 16.5. The molecule has 0 amide bonds. The van der Waals surface area contributed by atoms with Crippen LogP contribution in [0.15, 0.2) is 24.3 Å². The first-order chi connectivity index (χ1) is 6.71. The molecule has 0 aromatic rings. The Morgan fingerprint density at radius 3 is 2.93 bits per heavy atom. The zero-order chi connectivity index (χ0) is 10.0. The third kappa shape index (κ3) is 1.90. The molecule has 3 heteroatoms. The SMILES string of the molecule is NC1C=CC=CC1(N)CC1CCCO1. The Bertz CT molecular complexity index is 256. The van der Waals surface area contributed by atoms with Crippen LogP contribution in [0, 0.1) is 0 Å². The lowest BCUT2D eigenvalue weighted by atomic mass is 9.82. The molecule has 1 saturated heterocycles. The summed E-state index contributed by atoms with van der Waals surface area (Å²) in [5, 5.41) is 0. The summed E-state index contributed by atoms with van der Waals surface area (Å²) in [6.07, 6.45) is 11.3. The normalized spacial score (nSPS) is 41.9. The molecule has 0 spiro atoms. The van der Waals surface area contributed by atoms with Gasteiger partial charge in [0.05, 0.1) is 11.6 Å². The summed E-state index contributed by atoms with van der Waals surface area (Å²) >= 11 is 0. The van der Waals surface area contributed by atoms with Crippen molar-refractivity contribution in [3.63, 3.8) is 0 Å². The Hall–Kier alpha value is -0.640. The summed E-state index contributed by atoms with van der Waals surface area (Å²) in [6.45, 7) is 0.871. The van der Waals surface area contributed by atoms with E-state index < -0.39 is 5.54 Å². The molecular formula is C11H18N2O. The molecule has 14 heavy (non-hydrogen) atoms. The Labute approximate surface area is 84.8 Å². The van der Waals surface area contributed by atoms with Crippen LogP contribution in [0.2, 0.25) is 0 Å². The van der Waals surface area contributed by atoms with Crippen molar-refractivity contribution in [3.8, 4) is 0 Å². The maximum atomic E-state index is 6.24. The lowest BCUT2D eigenvalue weighted by molar-refractivity contribution is 0.0881. The molecule has 0 bridgehead atoms. The third-order valence-electron chi connectivity index (χ3n) is 3.06. The summed E-state index contributed by atoms with van der Waals surface area (Å²) in [5.74, 6) is 0. The van der Waals surface area contributed by atoms with Gasteiger partial charge in [0.15, 0.2) is 0 Å². The van der Waals surface area contributed by atoms with Crippen molar-refractivity contribution in [2.24, 2.45) is 11.5 Å². The van der Waals surface area contributed by atoms with Crippen molar-refractivity contribution in [2.45, 2.75) is 36.9 Å². The minimum atomic E-state index is -0.413. The van der Waals surface area contributed by atoms with Gasteiger partial charge in [-0.25, -0.2) is 0 Å². The number of ether oxygens (including phenoxy) is 1. The van der Waals surface area contributed by atoms with E-state index in [-0.39, 0.29) is 6.04 Å².